The number of aromatic nitrogens is 4. The summed E-state index contributed by atoms with van der Waals surface area (Å²) in [6, 6.07) is 9.32. The summed E-state index contributed by atoms with van der Waals surface area (Å²) in [4.78, 5) is 40.7. The summed E-state index contributed by atoms with van der Waals surface area (Å²) in [5, 5.41) is 2.88. The quantitative estimate of drug-likeness (QED) is 0.597. The number of anilines is 1. The van der Waals surface area contributed by atoms with Gasteiger partial charge in [0.05, 0.1) is 11.3 Å². The van der Waals surface area contributed by atoms with Crippen molar-refractivity contribution >= 4 is 17.5 Å². The molecule has 1 aliphatic rings. The maximum Gasteiger partial charge on any atom is 0.259 e. The van der Waals surface area contributed by atoms with Gasteiger partial charge >= 0.3 is 0 Å². The molecule has 4 rings (SSSR count). The number of carbonyl (C=O) groups is 2. The SMILES string of the molecule is Cc1nc([C@@H]2CCCN(C(=O)CCCn3ccnc3C)C2)ncc1C(=O)Nc1ccccc1. The highest BCUT2D eigenvalue weighted by molar-refractivity contribution is 6.04. The maximum absolute atomic E-state index is 12.8. The number of benzene rings is 1. The predicted octanol–water partition coefficient (Wildman–Crippen LogP) is 3.73. The van der Waals surface area contributed by atoms with Gasteiger partial charge < -0.3 is 14.8 Å². The fraction of sp³-hybridized carbons (Fsp3) is 0.400. The van der Waals surface area contributed by atoms with E-state index in [0.29, 0.717) is 30.0 Å². The molecule has 0 radical (unpaired) electrons. The lowest BCUT2D eigenvalue weighted by Gasteiger charge is -2.32. The van der Waals surface area contributed by atoms with Crippen LogP contribution in [0.4, 0.5) is 5.69 Å². The number of para-hydroxylation sites is 1. The van der Waals surface area contributed by atoms with Crippen LogP contribution in [0.2, 0.25) is 0 Å². The highest BCUT2D eigenvalue weighted by Gasteiger charge is 2.27. The highest BCUT2D eigenvalue weighted by atomic mass is 16.2. The Labute approximate surface area is 194 Å². The molecule has 33 heavy (non-hydrogen) atoms. The van der Waals surface area contributed by atoms with Crippen LogP contribution < -0.4 is 5.32 Å². The second kappa shape index (κ2) is 10.4. The van der Waals surface area contributed by atoms with Crippen molar-refractivity contribution in [2.24, 2.45) is 0 Å². The molecular formula is C25H30N6O2. The van der Waals surface area contributed by atoms with Crippen molar-refractivity contribution in [3.8, 4) is 0 Å². The summed E-state index contributed by atoms with van der Waals surface area (Å²) >= 11 is 0. The van der Waals surface area contributed by atoms with E-state index in [0.717, 1.165) is 43.9 Å². The number of likely N-dealkylation sites (tertiary alicyclic amines) is 1. The number of rotatable bonds is 7. The summed E-state index contributed by atoms with van der Waals surface area (Å²) in [5.41, 5.74) is 1.84. The largest absolute Gasteiger partial charge is 0.342 e. The molecule has 1 N–H and O–H groups in total. The van der Waals surface area contributed by atoms with E-state index in [1.54, 1.807) is 12.4 Å². The Hall–Kier alpha value is -3.55. The molecule has 8 nitrogen and oxygen atoms in total. The van der Waals surface area contributed by atoms with Crippen molar-refractivity contribution in [2.75, 3.05) is 18.4 Å². The number of amides is 2. The van der Waals surface area contributed by atoms with Crippen LogP contribution in [-0.2, 0) is 11.3 Å². The second-order valence-corrected chi connectivity index (χ2v) is 8.50. The molecule has 0 saturated carbocycles. The number of hydrogen-bond acceptors (Lipinski definition) is 5. The normalized spacial score (nSPS) is 15.9. The van der Waals surface area contributed by atoms with E-state index in [1.165, 1.54) is 0 Å². The molecule has 0 bridgehead atoms. The van der Waals surface area contributed by atoms with Crippen molar-refractivity contribution in [1.82, 2.24) is 24.4 Å². The van der Waals surface area contributed by atoms with Gasteiger partial charge in [0.25, 0.3) is 5.91 Å². The Morgan fingerprint density at radius 1 is 1.15 bits per heavy atom. The Morgan fingerprint density at radius 2 is 1.97 bits per heavy atom. The van der Waals surface area contributed by atoms with Crippen LogP contribution in [0.3, 0.4) is 0 Å². The zero-order valence-electron chi connectivity index (χ0n) is 19.2. The van der Waals surface area contributed by atoms with Gasteiger partial charge in [-0.2, -0.15) is 0 Å². The average molecular weight is 447 g/mol. The minimum absolute atomic E-state index is 0.0866. The van der Waals surface area contributed by atoms with Crippen LogP contribution in [0, 0.1) is 13.8 Å². The topological polar surface area (TPSA) is 93.0 Å². The summed E-state index contributed by atoms with van der Waals surface area (Å²) in [7, 11) is 0. The molecule has 2 amide bonds. The van der Waals surface area contributed by atoms with Crippen molar-refractivity contribution in [3.63, 3.8) is 0 Å². The monoisotopic (exact) mass is 446 g/mol. The third-order valence-corrected chi connectivity index (χ3v) is 6.13. The molecule has 172 valence electrons. The molecular weight excluding hydrogens is 416 g/mol. The Bertz CT molecular complexity index is 1110. The Kier molecular flexibility index (Phi) is 7.12. The van der Waals surface area contributed by atoms with Crippen LogP contribution in [0.15, 0.2) is 48.9 Å². The number of nitrogens with one attached hydrogen (secondary N) is 1. The lowest BCUT2D eigenvalue weighted by Crippen LogP contribution is -2.39. The van der Waals surface area contributed by atoms with Gasteiger partial charge in [0, 0.05) is 56.3 Å². The number of hydrogen-bond donors (Lipinski definition) is 1. The van der Waals surface area contributed by atoms with Crippen molar-refractivity contribution < 1.29 is 9.59 Å². The first-order valence-corrected chi connectivity index (χ1v) is 11.5. The van der Waals surface area contributed by atoms with E-state index in [4.69, 9.17) is 0 Å². The lowest BCUT2D eigenvalue weighted by molar-refractivity contribution is -0.132. The minimum Gasteiger partial charge on any atom is -0.342 e. The third kappa shape index (κ3) is 5.63. The molecule has 2 aromatic heterocycles. The molecule has 1 aliphatic heterocycles. The van der Waals surface area contributed by atoms with Crippen molar-refractivity contribution in [1.29, 1.82) is 0 Å². The van der Waals surface area contributed by atoms with E-state index in [2.05, 4.69) is 24.8 Å². The zero-order chi connectivity index (χ0) is 23.2. The molecule has 1 atom stereocenters. The van der Waals surface area contributed by atoms with E-state index in [-0.39, 0.29) is 17.7 Å². The third-order valence-electron chi connectivity index (χ3n) is 6.13. The van der Waals surface area contributed by atoms with Crippen LogP contribution in [-0.4, -0.2) is 49.3 Å². The summed E-state index contributed by atoms with van der Waals surface area (Å²) in [6.07, 6.45) is 8.50. The maximum atomic E-state index is 12.8. The van der Waals surface area contributed by atoms with E-state index >= 15 is 0 Å². The zero-order valence-corrected chi connectivity index (χ0v) is 19.2. The van der Waals surface area contributed by atoms with Crippen molar-refractivity contribution in [2.45, 2.75) is 52.0 Å². The fourth-order valence-electron chi connectivity index (χ4n) is 4.24. The molecule has 1 fully saturated rings. The van der Waals surface area contributed by atoms with Crippen LogP contribution >= 0.6 is 0 Å². The first-order chi connectivity index (χ1) is 16.0. The second-order valence-electron chi connectivity index (χ2n) is 8.50. The van der Waals surface area contributed by atoms with Crippen molar-refractivity contribution in [3.05, 3.63) is 71.8 Å². The van der Waals surface area contributed by atoms with Gasteiger partial charge in [-0.05, 0) is 45.2 Å². The van der Waals surface area contributed by atoms with E-state index in [9.17, 15) is 9.59 Å². The van der Waals surface area contributed by atoms with Crippen LogP contribution in [0.5, 0.6) is 0 Å². The summed E-state index contributed by atoms with van der Waals surface area (Å²) < 4.78 is 2.07. The van der Waals surface area contributed by atoms with Crippen LogP contribution in [0.25, 0.3) is 0 Å². The molecule has 0 aliphatic carbocycles. The highest BCUT2D eigenvalue weighted by Crippen LogP contribution is 2.26. The number of nitrogens with zero attached hydrogens (tertiary/aromatic N) is 5. The Balaban J connectivity index is 1.34. The van der Waals surface area contributed by atoms with Gasteiger partial charge in [-0.1, -0.05) is 18.2 Å². The van der Waals surface area contributed by atoms with Gasteiger partial charge in [-0.3, -0.25) is 9.59 Å². The first kappa shape index (κ1) is 22.6. The molecule has 0 unspecified atom stereocenters. The molecule has 0 spiro atoms. The van der Waals surface area contributed by atoms with Gasteiger partial charge in [0.2, 0.25) is 5.91 Å². The molecule has 3 aromatic rings. The van der Waals surface area contributed by atoms with Gasteiger partial charge in [0.15, 0.2) is 0 Å². The average Bonchev–Trinajstić information content (AvgIpc) is 3.24. The molecule has 1 saturated heterocycles. The Morgan fingerprint density at radius 3 is 2.70 bits per heavy atom. The number of aryl methyl sites for hydroxylation is 3. The number of piperidine rings is 1. The smallest absolute Gasteiger partial charge is 0.259 e. The molecule has 3 heterocycles. The van der Waals surface area contributed by atoms with Gasteiger partial charge in [0.1, 0.15) is 11.6 Å². The minimum atomic E-state index is -0.223. The summed E-state index contributed by atoms with van der Waals surface area (Å²) in [6.45, 7) is 5.99. The number of imidazole rings is 1. The van der Waals surface area contributed by atoms with E-state index < -0.39 is 0 Å². The molecule has 1 aromatic carbocycles. The predicted molar refractivity (Wildman–Crippen MR) is 126 cm³/mol. The van der Waals surface area contributed by atoms with E-state index in [1.807, 2.05) is 55.3 Å². The lowest BCUT2D eigenvalue weighted by atomic mass is 9.96. The molecule has 8 heteroatoms. The standard InChI is InChI=1S/C25H30N6O2/c1-18-22(25(33)29-21-9-4-3-5-10-21)16-27-24(28-18)20-8-6-14-31(17-20)23(32)11-7-13-30-15-12-26-19(30)2/h3-5,9-10,12,15-16,20H,6-8,11,13-14,17H2,1-2H3,(H,29,33)/t20-/m1/s1. The van der Waals surface area contributed by atoms with Crippen LogP contribution in [0.1, 0.15) is 59.3 Å². The first-order valence-electron chi connectivity index (χ1n) is 11.5. The van der Waals surface area contributed by atoms with Gasteiger partial charge in [-0.25, -0.2) is 15.0 Å². The number of carbonyl (C=O) groups excluding carboxylic acids is 2. The summed E-state index contributed by atoms with van der Waals surface area (Å²) in [5.74, 6) is 1.71. The fourth-order valence-corrected chi connectivity index (χ4v) is 4.24. The van der Waals surface area contributed by atoms with Gasteiger partial charge in [-0.15, -0.1) is 0 Å².